The Hall–Kier alpha value is 0.810. The largest absolute Gasteiger partial charge is 1.00 e. The predicted octanol–water partition coefficient (Wildman–Crippen LogP) is -7.22. The van der Waals surface area contributed by atoms with Crippen molar-refractivity contribution >= 4 is 22.3 Å². The fraction of sp³-hybridized carbons (Fsp3) is 0.667. The number of rotatable bonds is 3. The molecule has 0 unspecified atom stereocenters. The second kappa shape index (κ2) is 14.9. The molecule has 0 aromatic carbocycles. The molecule has 0 N–H and O–H groups in total. The monoisotopic (exact) mass is 288 g/mol. The quantitative estimate of drug-likeness (QED) is 0.216. The molecule has 8 nitrogen and oxygen atoms in total. The summed E-state index contributed by atoms with van der Waals surface area (Å²) in [6.45, 7) is 0. The zero-order chi connectivity index (χ0) is 12.5. The summed E-state index contributed by atoms with van der Waals surface area (Å²) in [5.41, 5.74) is 0. The normalized spacial score (nSPS) is 8.47. The molecular formula is C6H10Na2O8S. The number of hydrogen-bond donors (Lipinski definition) is 0. The maximum atomic E-state index is 10.4. The molecule has 0 rings (SSSR count). The summed E-state index contributed by atoms with van der Waals surface area (Å²) in [5, 5.41) is 0. The van der Waals surface area contributed by atoms with Gasteiger partial charge in [0.2, 0.25) is 0 Å². The first-order valence-corrected chi connectivity index (χ1v) is 4.84. The maximum Gasteiger partial charge on any atom is 1.00 e. The number of ether oxygens (including phenoxy) is 2. The molecule has 0 fully saturated rings. The Morgan fingerprint density at radius 1 is 0.941 bits per heavy atom. The van der Waals surface area contributed by atoms with Gasteiger partial charge >= 0.3 is 71.1 Å². The van der Waals surface area contributed by atoms with Crippen molar-refractivity contribution < 1.29 is 95.7 Å². The molecule has 0 aromatic heterocycles. The van der Waals surface area contributed by atoms with E-state index in [0.717, 1.165) is 0 Å². The van der Waals surface area contributed by atoms with E-state index in [2.05, 4.69) is 9.47 Å². The molecule has 0 saturated heterocycles. The van der Waals surface area contributed by atoms with Crippen molar-refractivity contribution in [1.82, 2.24) is 0 Å². The Bertz CT molecular complexity index is 277. The first-order chi connectivity index (χ1) is 6.70. The number of carbonyl (C=O) groups is 2. The molecular weight excluding hydrogens is 278 g/mol. The van der Waals surface area contributed by atoms with Crippen LogP contribution in [0.5, 0.6) is 0 Å². The molecule has 0 spiro atoms. The van der Waals surface area contributed by atoms with Crippen molar-refractivity contribution in [3.63, 3.8) is 0 Å². The summed E-state index contributed by atoms with van der Waals surface area (Å²) >= 11 is 0. The van der Waals surface area contributed by atoms with Crippen LogP contribution >= 0.6 is 0 Å². The minimum atomic E-state index is -5.17. The van der Waals surface area contributed by atoms with Crippen LogP contribution in [0.4, 0.5) is 0 Å². The summed E-state index contributed by atoms with van der Waals surface area (Å²) in [4.78, 5) is 20.8. The zero-order valence-corrected chi connectivity index (χ0v) is 14.9. The third kappa shape index (κ3) is 38.3. The van der Waals surface area contributed by atoms with Crippen molar-refractivity contribution in [3.05, 3.63) is 0 Å². The van der Waals surface area contributed by atoms with Crippen LogP contribution < -0.4 is 59.1 Å². The van der Waals surface area contributed by atoms with Gasteiger partial charge < -0.3 is 18.6 Å². The van der Waals surface area contributed by atoms with E-state index in [4.69, 9.17) is 17.5 Å². The summed E-state index contributed by atoms with van der Waals surface area (Å²) in [5.74, 6) is -0.796. The number of carbonyl (C=O) groups excluding carboxylic acids is 2. The van der Waals surface area contributed by atoms with Gasteiger partial charge in [0.1, 0.15) is 0 Å². The van der Waals surface area contributed by atoms with Crippen LogP contribution in [-0.2, 0) is 29.5 Å². The SMILES string of the molecule is COC(=O)CCC(=O)OC.O=S(=O)([O-])[O-].[Na+].[Na+]. The molecule has 11 heteroatoms. The van der Waals surface area contributed by atoms with E-state index in [1.54, 1.807) is 0 Å². The van der Waals surface area contributed by atoms with Crippen molar-refractivity contribution in [3.8, 4) is 0 Å². The van der Waals surface area contributed by atoms with Crippen LogP contribution in [-0.4, -0.2) is 43.7 Å². The Morgan fingerprint density at radius 2 is 1.12 bits per heavy atom. The summed E-state index contributed by atoms with van der Waals surface area (Å²) in [6, 6.07) is 0. The molecule has 17 heavy (non-hydrogen) atoms. The summed E-state index contributed by atoms with van der Waals surface area (Å²) in [6.07, 6.45) is 0.173. The van der Waals surface area contributed by atoms with Crippen LogP contribution in [0.15, 0.2) is 0 Å². The zero-order valence-electron chi connectivity index (χ0n) is 10.1. The van der Waals surface area contributed by atoms with Gasteiger partial charge in [-0.25, -0.2) is 0 Å². The van der Waals surface area contributed by atoms with E-state index in [1.165, 1.54) is 14.2 Å². The summed E-state index contributed by atoms with van der Waals surface area (Å²) in [7, 11) is -2.61. The minimum absolute atomic E-state index is 0. The number of hydrogen-bond acceptors (Lipinski definition) is 8. The fourth-order valence-corrected chi connectivity index (χ4v) is 0.408. The van der Waals surface area contributed by atoms with Gasteiger partial charge in [-0.05, 0) is 0 Å². The van der Waals surface area contributed by atoms with Crippen molar-refractivity contribution in [2.24, 2.45) is 0 Å². The third-order valence-electron chi connectivity index (χ3n) is 0.989. The first kappa shape index (κ1) is 26.4. The second-order valence-electron chi connectivity index (χ2n) is 2.06. The molecule has 0 atom stereocenters. The van der Waals surface area contributed by atoms with Crippen LogP contribution in [0, 0.1) is 0 Å². The van der Waals surface area contributed by atoms with E-state index in [-0.39, 0.29) is 72.0 Å². The topological polar surface area (TPSA) is 133 Å². The van der Waals surface area contributed by atoms with Crippen molar-refractivity contribution in [2.45, 2.75) is 12.8 Å². The fourth-order valence-electron chi connectivity index (χ4n) is 0.408. The molecule has 0 heterocycles. The van der Waals surface area contributed by atoms with E-state index < -0.39 is 22.3 Å². The Kier molecular flexibility index (Phi) is 23.1. The van der Waals surface area contributed by atoms with Gasteiger partial charge in [0.25, 0.3) is 0 Å². The molecule has 0 aliphatic carbocycles. The van der Waals surface area contributed by atoms with Gasteiger partial charge in [0.15, 0.2) is 0 Å². The molecule has 0 aliphatic heterocycles. The Morgan fingerprint density at radius 3 is 1.24 bits per heavy atom. The average Bonchev–Trinajstić information content (AvgIpc) is 2.10. The molecule has 0 aromatic rings. The van der Waals surface area contributed by atoms with Gasteiger partial charge in [-0.2, -0.15) is 0 Å². The van der Waals surface area contributed by atoms with Crippen LogP contribution in [0.3, 0.4) is 0 Å². The standard InChI is InChI=1S/C6H10O4.2Na.H2O4S/c1-9-5(7)3-4-6(8)10-2;;;1-5(2,3)4/h3-4H2,1-2H3;;;(H2,1,2,3,4)/q;2*+1;/p-2. The Labute approximate surface area is 144 Å². The van der Waals surface area contributed by atoms with Crippen LogP contribution in [0.2, 0.25) is 0 Å². The van der Waals surface area contributed by atoms with E-state index in [0.29, 0.717) is 0 Å². The summed E-state index contributed by atoms with van der Waals surface area (Å²) < 4.78 is 42.7. The van der Waals surface area contributed by atoms with Gasteiger partial charge in [-0.3, -0.25) is 18.0 Å². The van der Waals surface area contributed by atoms with Gasteiger partial charge in [0, 0.05) is 10.4 Å². The third-order valence-corrected chi connectivity index (χ3v) is 0.989. The van der Waals surface area contributed by atoms with E-state index >= 15 is 0 Å². The average molecular weight is 288 g/mol. The first-order valence-electron chi connectivity index (χ1n) is 3.51. The molecule has 0 radical (unpaired) electrons. The van der Waals surface area contributed by atoms with Crippen molar-refractivity contribution in [1.29, 1.82) is 0 Å². The predicted molar refractivity (Wildman–Crippen MR) is 43.7 cm³/mol. The molecule has 0 bridgehead atoms. The van der Waals surface area contributed by atoms with E-state index in [1.807, 2.05) is 0 Å². The number of methoxy groups -OCH3 is 2. The van der Waals surface area contributed by atoms with Crippen LogP contribution in [0.1, 0.15) is 12.8 Å². The molecule has 90 valence electrons. The Balaban J connectivity index is -0.000000105. The van der Waals surface area contributed by atoms with Gasteiger partial charge in [-0.15, -0.1) is 0 Å². The molecule has 0 amide bonds. The smallest absolute Gasteiger partial charge is 0.759 e. The van der Waals surface area contributed by atoms with E-state index in [9.17, 15) is 9.59 Å². The van der Waals surface area contributed by atoms with Gasteiger partial charge in [0.05, 0.1) is 27.1 Å². The molecule has 0 saturated carbocycles. The van der Waals surface area contributed by atoms with Crippen molar-refractivity contribution in [2.75, 3.05) is 14.2 Å². The van der Waals surface area contributed by atoms with Crippen LogP contribution in [0.25, 0.3) is 0 Å². The second-order valence-corrected chi connectivity index (χ2v) is 2.88. The molecule has 0 aliphatic rings. The number of esters is 2. The van der Waals surface area contributed by atoms with Gasteiger partial charge in [-0.1, -0.05) is 0 Å². The maximum absolute atomic E-state index is 10.4. The minimum Gasteiger partial charge on any atom is -0.759 e.